The minimum absolute atomic E-state index is 0. The molecule has 7 heteroatoms. The number of aromatic nitrogens is 1. The molecule has 1 radical (unpaired) electrons. The smallest absolute Gasteiger partial charge is 1.00 e. The first-order valence-electron chi connectivity index (χ1n) is 8.01. The number of nitrogens with zero attached hydrogens (tertiary/aromatic N) is 3. The van der Waals surface area contributed by atoms with Gasteiger partial charge in [0.1, 0.15) is 0 Å². The number of para-hydroxylation sites is 2. The van der Waals surface area contributed by atoms with Gasteiger partial charge in [-0.2, -0.15) is 0 Å². The number of halogens is 3. The van der Waals surface area contributed by atoms with Gasteiger partial charge in [-0.1, -0.05) is 48.0 Å². The van der Waals surface area contributed by atoms with E-state index >= 15 is 0 Å². The van der Waals surface area contributed by atoms with Crippen molar-refractivity contribution in [3.8, 4) is 0 Å². The van der Waals surface area contributed by atoms with Crippen molar-refractivity contribution in [2.45, 2.75) is 13.8 Å². The van der Waals surface area contributed by atoms with Crippen LogP contribution >= 0.6 is 11.6 Å². The molecular formula is C21H18Cl3N3V. The van der Waals surface area contributed by atoms with E-state index in [1.165, 1.54) is 0 Å². The third kappa shape index (κ3) is 7.42. The molecule has 0 saturated heterocycles. The molecule has 1 aromatic heterocycles. The zero-order chi connectivity index (χ0) is 17.6. The number of pyridine rings is 1. The number of benzene rings is 2. The summed E-state index contributed by atoms with van der Waals surface area (Å²) in [5, 5.41) is 0.616. The van der Waals surface area contributed by atoms with Crippen LogP contribution in [0.1, 0.15) is 25.2 Å². The molecule has 0 aliphatic rings. The third-order valence-corrected chi connectivity index (χ3v) is 3.86. The zero-order valence-corrected chi connectivity index (χ0v) is 19.0. The van der Waals surface area contributed by atoms with Crippen molar-refractivity contribution >= 4 is 34.4 Å². The van der Waals surface area contributed by atoms with Crippen molar-refractivity contribution < 1.29 is 43.4 Å². The van der Waals surface area contributed by atoms with Crippen LogP contribution < -0.4 is 24.8 Å². The molecule has 0 atom stereocenters. The molecule has 3 rings (SSSR count). The molecule has 0 N–H and O–H groups in total. The van der Waals surface area contributed by atoms with E-state index in [-0.39, 0.29) is 43.4 Å². The molecule has 0 spiro atoms. The van der Waals surface area contributed by atoms with Crippen molar-refractivity contribution in [2.24, 2.45) is 9.98 Å². The van der Waals surface area contributed by atoms with Crippen LogP contribution in [0.15, 0.2) is 82.8 Å². The average molecular weight is 470 g/mol. The molecule has 0 bridgehead atoms. The van der Waals surface area contributed by atoms with E-state index in [2.05, 4.69) is 15.0 Å². The summed E-state index contributed by atoms with van der Waals surface area (Å²) in [5.74, 6) is 0. The van der Waals surface area contributed by atoms with Crippen LogP contribution in [0.4, 0.5) is 11.4 Å². The second-order valence-electron chi connectivity index (χ2n) is 5.62. The topological polar surface area (TPSA) is 37.6 Å². The molecule has 1 heterocycles. The van der Waals surface area contributed by atoms with Gasteiger partial charge in [-0.25, -0.2) is 4.98 Å². The van der Waals surface area contributed by atoms with Gasteiger partial charge in [-0.3, -0.25) is 9.98 Å². The van der Waals surface area contributed by atoms with E-state index in [9.17, 15) is 0 Å². The minimum Gasteiger partial charge on any atom is -1.00 e. The van der Waals surface area contributed by atoms with Gasteiger partial charge in [0.05, 0.1) is 34.2 Å². The predicted octanol–water partition coefficient (Wildman–Crippen LogP) is 0.0219. The molecule has 0 unspecified atom stereocenters. The summed E-state index contributed by atoms with van der Waals surface area (Å²) in [6.45, 7) is 3.86. The van der Waals surface area contributed by atoms with Gasteiger partial charge in [0.25, 0.3) is 0 Å². The van der Waals surface area contributed by atoms with E-state index < -0.39 is 0 Å². The first-order chi connectivity index (χ1) is 12.1. The molecule has 0 aliphatic heterocycles. The van der Waals surface area contributed by atoms with Gasteiger partial charge in [-0.15, -0.1) is 0 Å². The Hall–Kier alpha value is -1.62. The first kappa shape index (κ1) is 26.4. The number of rotatable bonds is 4. The standard InChI is InChI=1S/C21H18ClN3.2ClH.V/c1-15(23-18-9-5-3-6-10-18)20-13-17(22)14-21(25-20)16(2)24-19-11-7-4-8-12-19;;;/h3-14H,1-2H3;2*1H;/q;;;+2/p-2. The summed E-state index contributed by atoms with van der Waals surface area (Å²) in [6.07, 6.45) is 0. The Morgan fingerprint density at radius 1 is 0.714 bits per heavy atom. The number of hydrogen-bond donors (Lipinski definition) is 0. The van der Waals surface area contributed by atoms with Gasteiger partial charge in [-0.05, 0) is 50.2 Å². The summed E-state index contributed by atoms with van der Waals surface area (Å²) < 4.78 is 0. The fourth-order valence-electron chi connectivity index (χ4n) is 2.37. The summed E-state index contributed by atoms with van der Waals surface area (Å²) >= 11 is 6.29. The van der Waals surface area contributed by atoms with Crippen molar-refractivity contribution in [3.63, 3.8) is 0 Å². The third-order valence-electron chi connectivity index (χ3n) is 3.64. The number of aliphatic imine (C=N–C) groups is 2. The Morgan fingerprint density at radius 3 is 1.43 bits per heavy atom. The fourth-order valence-corrected chi connectivity index (χ4v) is 2.58. The largest absolute Gasteiger partial charge is 2.00 e. The molecular weight excluding hydrogens is 452 g/mol. The zero-order valence-electron chi connectivity index (χ0n) is 15.4. The Bertz CT molecular complexity index is 856. The van der Waals surface area contributed by atoms with E-state index in [0.29, 0.717) is 5.02 Å². The van der Waals surface area contributed by atoms with E-state index in [4.69, 9.17) is 11.6 Å². The van der Waals surface area contributed by atoms with Crippen molar-refractivity contribution in [3.05, 3.63) is 89.2 Å². The van der Waals surface area contributed by atoms with Gasteiger partial charge in [0.15, 0.2) is 0 Å². The molecule has 3 aromatic rings. The van der Waals surface area contributed by atoms with E-state index in [0.717, 1.165) is 34.2 Å². The SMILES string of the molecule is CC(=Nc1ccccc1)c1cc(Cl)cc(C(C)=Nc2ccccc2)n1.[Cl-].[Cl-].[V+2]. The van der Waals surface area contributed by atoms with Crippen molar-refractivity contribution in [1.29, 1.82) is 0 Å². The van der Waals surface area contributed by atoms with Crippen LogP contribution in [0.5, 0.6) is 0 Å². The molecule has 0 amide bonds. The van der Waals surface area contributed by atoms with E-state index in [1.54, 1.807) is 0 Å². The summed E-state index contributed by atoms with van der Waals surface area (Å²) in [6, 6.07) is 23.2. The summed E-state index contributed by atoms with van der Waals surface area (Å²) in [4.78, 5) is 13.9. The molecule has 0 fully saturated rings. The molecule has 2 aromatic carbocycles. The normalized spacial score (nSPS) is 11.0. The maximum Gasteiger partial charge on any atom is 2.00 e. The second-order valence-corrected chi connectivity index (χ2v) is 6.06. The summed E-state index contributed by atoms with van der Waals surface area (Å²) in [7, 11) is 0. The molecule has 3 nitrogen and oxygen atoms in total. The van der Waals surface area contributed by atoms with Crippen LogP contribution in [0.3, 0.4) is 0 Å². The van der Waals surface area contributed by atoms with Crippen molar-refractivity contribution in [1.82, 2.24) is 4.98 Å². The molecule has 28 heavy (non-hydrogen) atoms. The van der Waals surface area contributed by atoms with E-state index in [1.807, 2.05) is 86.6 Å². The molecule has 0 saturated carbocycles. The van der Waals surface area contributed by atoms with Crippen LogP contribution in [0, 0.1) is 0 Å². The first-order valence-corrected chi connectivity index (χ1v) is 8.38. The van der Waals surface area contributed by atoms with Crippen molar-refractivity contribution in [2.75, 3.05) is 0 Å². The predicted molar refractivity (Wildman–Crippen MR) is 106 cm³/mol. The molecule has 143 valence electrons. The fraction of sp³-hybridized carbons (Fsp3) is 0.0952. The Morgan fingerprint density at radius 2 is 1.07 bits per heavy atom. The van der Waals surface area contributed by atoms with Gasteiger partial charge in [0, 0.05) is 5.02 Å². The maximum atomic E-state index is 6.29. The van der Waals surface area contributed by atoms with Crippen LogP contribution in [0.2, 0.25) is 5.02 Å². The number of hydrogen-bond acceptors (Lipinski definition) is 3. The van der Waals surface area contributed by atoms with Crippen LogP contribution in [-0.4, -0.2) is 16.4 Å². The Labute approximate surface area is 195 Å². The monoisotopic (exact) mass is 468 g/mol. The van der Waals surface area contributed by atoms with Crippen LogP contribution in [0.25, 0.3) is 0 Å². The van der Waals surface area contributed by atoms with Gasteiger partial charge in [0.2, 0.25) is 0 Å². The summed E-state index contributed by atoms with van der Waals surface area (Å²) in [5.41, 5.74) is 4.88. The minimum atomic E-state index is 0. The average Bonchev–Trinajstić information content (AvgIpc) is 2.63. The van der Waals surface area contributed by atoms with Gasteiger partial charge < -0.3 is 24.8 Å². The molecule has 0 aliphatic carbocycles. The quantitative estimate of drug-likeness (QED) is 0.497. The van der Waals surface area contributed by atoms with Crippen LogP contribution in [-0.2, 0) is 18.6 Å². The van der Waals surface area contributed by atoms with Gasteiger partial charge >= 0.3 is 18.6 Å². The second kappa shape index (κ2) is 12.8. The maximum absolute atomic E-state index is 6.29. The Balaban J connectivity index is 0.00000243. The Kier molecular flexibility index (Phi) is 12.0.